The Bertz CT molecular complexity index is 936. The first-order chi connectivity index (χ1) is 15.7. The van der Waals surface area contributed by atoms with Gasteiger partial charge in [-0.25, -0.2) is 9.97 Å². The lowest BCUT2D eigenvalue weighted by atomic mass is 10.0. The molecule has 0 saturated carbocycles. The van der Waals surface area contributed by atoms with Crippen molar-refractivity contribution in [3.8, 4) is 11.3 Å². The predicted molar refractivity (Wildman–Crippen MR) is 119 cm³/mol. The van der Waals surface area contributed by atoms with Gasteiger partial charge in [-0.1, -0.05) is 0 Å². The van der Waals surface area contributed by atoms with Crippen LogP contribution in [-0.2, 0) is 16.1 Å². The molecule has 0 radical (unpaired) electrons. The van der Waals surface area contributed by atoms with Crippen molar-refractivity contribution in [2.75, 3.05) is 37.7 Å². The Balaban J connectivity index is 1.44. The predicted octanol–water partition coefficient (Wildman–Crippen LogP) is 2.17. The Kier molecular flexibility index (Phi) is 6.36. The molecule has 1 N–H and O–H groups in total. The molecule has 3 aliphatic heterocycles. The second kappa shape index (κ2) is 9.54. The van der Waals surface area contributed by atoms with Crippen LogP contribution < -0.4 is 4.90 Å². The van der Waals surface area contributed by atoms with Crippen LogP contribution >= 0.6 is 0 Å². The highest BCUT2D eigenvalue weighted by molar-refractivity contribution is 5.78. The molecule has 2 aromatic rings. The van der Waals surface area contributed by atoms with Gasteiger partial charge < -0.3 is 19.6 Å². The van der Waals surface area contributed by atoms with Crippen LogP contribution in [0.2, 0.25) is 0 Å². The van der Waals surface area contributed by atoms with Crippen molar-refractivity contribution in [3.63, 3.8) is 0 Å². The first-order valence-corrected chi connectivity index (χ1v) is 11.9. The molecule has 3 fully saturated rings. The van der Waals surface area contributed by atoms with Crippen LogP contribution in [0.4, 0.5) is 5.95 Å². The topological polar surface area (TPSA) is 96.6 Å². The smallest absolute Gasteiger partial charge is 0.225 e. The molecule has 2 aromatic heterocycles. The Morgan fingerprint density at radius 1 is 1.16 bits per heavy atom. The lowest BCUT2D eigenvalue weighted by Gasteiger charge is -2.25. The van der Waals surface area contributed by atoms with Crippen LogP contribution in [0.1, 0.15) is 56.7 Å². The van der Waals surface area contributed by atoms with Crippen LogP contribution in [0.3, 0.4) is 0 Å². The van der Waals surface area contributed by atoms with E-state index in [0.29, 0.717) is 13.0 Å². The second-order valence-electron chi connectivity index (χ2n) is 8.94. The SMILES string of the molecule is O=C(CC1CCCO1)N1CCCC1c1nn(CCO)cc1-c1ccnc(N2CCCC2)n1. The zero-order chi connectivity index (χ0) is 21.9. The summed E-state index contributed by atoms with van der Waals surface area (Å²) in [7, 11) is 0. The normalized spacial score (nSPS) is 23.4. The molecule has 0 spiro atoms. The molecule has 9 heteroatoms. The molecule has 32 heavy (non-hydrogen) atoms. The number of carbonyl (C=O) groups is 1. The van der Waals surface area contributed by atoms with Crippen molar-refractivity contribution in [1.29, 1.82) is 0 Å². The first-order valence-electron chi connectivity index (χ1n) is 11.9. The maximum Gasteiger partial charge on any atom is 0.225 e. The van der Waals surface area contributed by atoms with Crippen LogP contribution in [0.25, 0.3) is 11.3 Å². The molecular weight excluding hydrogens is 408 g/mol. The fraction of sp³-hybridized carbons (Fsp3) is 0.652. The van der Waals surface area contributed by atoms with Gasteiger partial charge in [0, 0.05) is 44.2 Å². The molecule has 3 aliphatic rings. The average Bonchev–Trinajstić information content (AvgIpc) is 3.61. The summed E-state index contributed by atoms with van der Waals surface area (Å²) in [5.41, 5.74) is 2.60. The fourth-order valence-corrected chi connectivity index (χ4v) is 5.13. The van der Waals surface area contributed by atoms with Gasteiger partial charge in [0.05, 0.1) is 43.1 Å². The summed E-state index contributed by atoms with van der Waals surface area (Å²) in [5.74, 6) is 0.890. The van der Waals surface area contributed by atoms with E-state index in [-0.39, 0.29) is 24.7 Å². The molecule has 3 saturated heterocycles. The monoisotopic (exact) mass is 440 g/mol. The summed E-state index contributed by atoms with van der Waals surface area (Å²) in [6, 6.07) is 1.83. The molecule has 0 bridgehead atoms. The Morgan fingerprint density at radius 2 is 2.03 bits per heavy atom. The van der Waals surface area contributed by atoms with E-state index in [9.17, 15) is 9.90 Å². The van der Waals surface area contributed by atoms with Crippen LogP contribution in [0.15, 0.2) is 18.5 Å². The van der Waals surface area contributed by atoms with E-state index in [4.69, 9.17) is 14.8 Å². The third-order valence-corrected chi connectivity index (χ3v) is 6.74. The molecule has 2 atom stereocenters. The van der Waals surface area contributed by atoms with E-state index in [1.165, 1.54) is 0 Å². The summed E-state index contributed by atoms with van der Waals surface area (Å²) in [6.45, 7) is 3.88. The molecule has 172 valence electrons. The Morgan fingerprint density at radius 3 is 2.81 bits per heavy atom. The number of ether oxygens (including phenoxy) is 1. The Hall–Kier alpha value is -2.52. The van der Waals surface area contributed by atoms with Gasteiger partial charge in [0.25, 0.3) is 0 Å². The number of anilines is 1. The first kappa shape index (κ1) is 21.3. The maximum atomic E-state index is 13.1. The van der Waals surface area contributed by atoms with E-state index >= 15 is 0 Å². The molecule has 5 heterocycles. The molecule has 0 aromatic carbocycles. The number of hydrogen-bond acceptors (Lipinski definition) is 7. The van der Waals surface area contributed by atoms with Gasteiger partial charge in [-0.2, -0.15) is 5.10 Å². The third kappa shape index (κ3) is 4.36. The van der Waals surface area contributed by atoms with E-state index in [2.05, 4.69) is 9.88 Å². The molecular formula is C23H32N6O3. The van der Waals surface area contributed by atoms with Crippen molar-refractivity contribution in [3.05, 3.63) is 24.2 Å². The zero-order valence-corrected chi connectivity index (χ0v) is 18.5. The van der Waals surface area contributed by atoms with Crippen molar-refractivity contribution >= 4 is 11.9 Å². The third-order valence-electron chi connectivity index (χ3n) is 6.74. The molecule has 9 nitrogen and oxygen atoms in total. The number of hydrogen-bond donors (Lipinski definition) is 1. The van der Waals surface area contributed by atoms with Crippen molar-refractivity contribution in [2.24, 2.45) is 0 Å². The molecule has 5 rings (SSSR count). The minimum Gasteiger partial charge on any atom is -0.394 e. The molecule has 2 unspecified atom stereocenters. The number of amides is 1. The van der Waals surface area contributed by atoms with Crippen LogP contribution in [0.5, 0.6) is 0 Å². The summed E-state index contributed by atoms with van der Waals surface area (Å²) < 4.78 is 7.47. The van der Waals surface area contributed by atoms with Crippen molar-refractivity contribution in [1.82, 2.24) is 24.6 Å². The van der Waals surface area contributed by atoms with Gasteiger partial charge in [-0.05, 0) is 44.6 Å². The van der Waals surface area contributed by atoms with Crippen LogP contribution in [0, 0.1) is 0 Å². The molecule has 1 amide bonds. The summed E-state index contributed by atoms with van der Waals surface area (Å²) >= 11 is 0. The van der Waals surface area contributed by atoms with Crippen molar-refractivity contribution in [2.45, 2.75) is 63.6 Å². The average molecular weight is 441 g/mol. The Labute approximate surface area is 188 Å². The minimum atomic E-state index is -0.0796. The summed E-state index contributed by atoms with van der Waals surface area (Å²) in [6.07, 6.45) is 10.4. The van der Waals surface area contributed by atoms with Gasteiger partial charge in [-0.15, -0.1) is 0 Å². The van der Waals surface area contributed by atoms with Gasteiger partial charge >= 0.3 is 0 Å². The zero-order valence-electron chi connectivity index (χ0n) is 18.5. The van der Waals surface area contributed by atoms with E-state index in [1.807, 2.05) is 17.2 Å². The quantitative estimate of drug-likeness (QED) is 0.705. The maximum absolute atomic E-state index is 13.1. The standard InChI is InChI=1S/C23H32N6O3/c30-13-12-28-16-18(19-7-8-24-23(25-19)27-9-1-2-10-27)22(26-28)20-6-3-11-29(20)21(31)15-17-5-4-14-32-17/h7-8,16-17,20,30H,1-6,9-15H2. The molecule has 0 aliphatic carbocycles. The van der Waals surface area contributed by atoms with Crippen LogP contribution in [-0.4, -0.2) is 74.6 Å². The lowest BCUT2D eigenvalue weighted by molar-refractivity contribution is -0.134. The van der Waals surface area contributed by atoms with Gasteiger partial charge in [0.1, 0.15) is 0 Å². The highest BCUT2D eigenvalue weighted by Crippen LogP contribution is 2.37. The van der Waals surface area contributed by atoms with Gasteiger partial charge in [-0.3, -0.25) is 9.48 Å². The minimum absolute atomic E-state index is 0.00962. The van der Waals surface area contributed by atoms with E-state index < -0.39 is 0 Å². The number of rotatable bonds is 7. The van der Waals surface area contributed by atoms with E-state index in [1.54, 1.807) is 10.9 Å². The number of nitrogens with zero attached hydrogens (tertiary/aromatic N) is 6. The van der Waals surface area contributed by atoms with Gasteiger partial charge in [0.2, 0.25) is 11.9 Å². The summed E-state index contributed by atoms with van der Waals surface area (Å²) in [4.78, 5) is 26.7. The number of carbonyl (C=O) groups excluding carboxylic acids is 1. The van der Waals surface area contributed by atoms with Gasteiger partial charge in [0.15, 0.2) is 0 Å². The van der Waals surface area contributed by atoms with Crippen molar-refractivity contribution < 1.29 is 14.6 Å². The number of aliphatic hydroxyl groups excluding tert-OH is 1. The number of aromatic nitrogens is 4. The highest BCUT2D eigenvalue weighted by atomic mass is 16.5. The van der Waals surface area contributed by atoms with E-state index in [0.717, 1.165) is 87.7 Å². The second-order valence-corrected chi connectivity index (χ2v) is 8.94. The number of aliphatic hydroxyl groups is 1. The lowest BCUT2D eigenvalue weighted by Crippen LogP contribution is -2.33. The fourth-order valence-electron chi connectivity index (χ4n) is 5.13. The summed E-state index contributed by atoms with van der Waals surface area (Å²) in [5, 5.41) is 14.3. The largest absolute Gasteiger partial charge is 0.394 e. The number of likely N-dealkylation sites (tertiary alicyclic amines) is 1. The highest BCUT2D eigenvalue weighted by Gasteiger charge is 2.35.